The Morgan fingerprint density at radius 2 is 2.38 bits per heavy atom. The lowest BCUT2D eigenvalue weighted by Gasteiger charge is -2.16. The summed E-state index contributed by atoms with van der Waals surface area (Å²) in [5, 5.41) is 11.4. The minimum atomic E-state index is -1.01. The molecule has 2 unspecified atom stereocenters. The van der Waals surface area contributed by atoms with Gasteiger partial charge < -0.3 is 15.2 Å². The van der Waals surface area contributed by atoms with Gasteiger partial charge in [-0.1, -0.05) is 0 Å². The first kappa shape index (κ1) is 13.3. The van der Waals surface area contributed by atoms with Gasteiger partial charge in [-0.15, -0.1) is 11.8 Å². The quantitative estimate of drug-likeness (QED) is 0.714. The summed E-state index contributed by atoms with van der Waals surface area (Å²) in [6.45, 7) is 0.328. The maximum absolute atomic E-state index is 11.7. The van der Waals surface area contributed by atoms with Gasteiger partial charge in [0.1, 0.15) is 6.04 Å². The number of ether oxygens (including phenoxy) is 1. The Kier molecular flexibility index (Phi) is 5.62. The van der Waals surface area contributed by atoms with Crippen molar-refractivity contribution in [3.05, 3.63) is 0 Å². The van der Waals surface area contributed by atoms with E-state index in [-0.39, 0.29) is 11.2 Å². The summed E-state index contributed by atoms with van der Waals surface area (Å²) in [7, 11) is 1.51. The smallest absolute Gasteiger partial charge is 0.326 e. The minimum Gasteiger partial charge on any atom is -0.480 e. The maximum Gasteiger partial charge on any atom is 0.326 e. The summed E-state index contributed by atoms with van der Waals surface area (Å²) in [4.78, 5) is 22.6. The zero-order valence-corrected chi connectivity index (χ0v) is 10.1. The molecule has 0 aromatic carbocycles. The van der Waals surface area contributed by atoms with Gasteiger partial charge in [-0.25, -0.2) is 4.79 Å². The van der Waals surface area contributed by atoms with Crippen molar-refractivity contribution >= 4 is 23.6 Å². The Bertz CT molecular complexity index is 253. The number of carbonyl (C=O) groups excluding carboxylic acids is 1. The molecule has 1 amide bonds. The molecule has 2 N–H and O–H groups in total. The van der Waals surface area contributed by atoms with Gasteiger partial charge in [-0.2, -0.15) is 0 Å². The van der Waals surface area contributed by atoms with Gasteiger partial charge in [0, 0.05) is 20.1 Å². The summed E-state index contributed by atoms with van der Waals surface area (Å²) in [5.74, 6) is -0.187. The van der Waals surface area contributed by atoms with E-state index in [9.17, 15) is 9.59 Å². The molecule has 1 aliphatic heterocycles. The monoisotopic (exact) mass is 247 g/mol. The molecule has 1 fully saturated rings. The normalized spacial score (nSPS) is 21.7. The van der Waals surface area contributed by atoms with E-state index in [1.165, 1.54) is 7.11 Å². The fourth-order valence-electron chi connectivity index (χ4n) is 1.54. The first-order valence-corrected chi connectivity index (χ1v) is 6.33. The summed E-state index contributed by atoms with van der Waals surface area (Å²) in [6, 6.07) is -0.839. The first-order valence-electron chi connectivity index (χ1n) is 5.29. The highest BCUT2D eigenvalue weighted by molar-refractivity contribution is 8.00. The molecule has 0 spiro atoms. The highest BCUT2D eigenvalue weighted by Crippen LogP contribution is 2.26. The van der Waals surface area contributed by atoms with Gasteiger partial charge in [0.25, 0.3) is 0 Å². The van der Waals surface area contributed by atoms with Crippen LogP contribution < -0.4 is 5.32 Å². The Morgan fingerprint density at radius 3 is 2.88 bits per heavy atom. The Balaban J connectivity index is 2.40. The average molecular weight is 247 g/mol. The molecule has 0 saturated carbocycles. The molecule has 5 nitrogen and oxygen atoms in total. The topological polar surface area (TPSA) is 75.6 Å². The number of aliphatic carboxylic acids is 1. The third kappa shape index (κ3) is 4.02. The van der Waals surface area contributed by atoms with Crippen LogP contribution >= 0.6 is 11.8 Å². The molecule has 16 heavy (non-hydrogen) atoms. The highest BCUT2D eigenvalue weighted by Gasteiger charge is 2.27. The van der Waals surface area contributed by atoms with Crippen LogP contribution in [-0.2, 0) is 14.3 Å². The Morgan fingerprint density at radius 1 is 1.62 bits per heavy atom. The average Bonchev–Trinajstić information content (AvgIpc) is 2.76. The van der Waals surface area contributed by atoms with Crippen LogP contribution in [0.1, 0.15) is 19.3 Å². The maximum atomic E-state index is 11.7. The van der Waals surface area contributed by atoms with E-state index in [0.29, 0.717) is 13.0 Å². The molecular weight excluding hydrogens is 230 g/mol. The lowest BCUT2D eigenvalue weighted by atomic mass is 10.2. The van der Waals surface area contributed by atoms with Crippen LogP contribution in [-0.4, -0.2) is 47.7 Å². The van der Waals surface area contributed by atoms with Crippen molar-refractivity contribution in [3.8, 4) is 0 Å². The van der Waals surface area contributed by atoms with E-state index in [1.54, 1.807) is 11.8 Å². The summed E-state index contributed by atoms with van der Waals surface area (Å²) < 4.78 is 4.81. The second-order valence-electron chi connectivity index (χ2n) is 3.68. The molecule has 1 heterocycles. The van der Waals surface area contributed by atoms with Crippen molar-refractivity contribution in [2.75, 3.05) is 19.5 Å². The van der Waals surface area contributed by atoms with Crippen molar-refractivity contribution in [3.63, 3.8) is 0 Å². The van der Waals surface area contributed by atoms with Crippen LogP contribution in [0.2, 0.25) is 0 Å². The Hall–Kier alpha value is -0.750. The summed E-state index contributed by atoms with van der Waals surface area (Å²) in [5.41, 5.74) is 0. The molecule has 0 aromatic rings. The van der Waals surface area contributed by atoms with Crippen molar-refractivity contribution in [1.82, 2.24) is 5.32 Å². The van der Waals surface area contributed by atoms with Crippen molar-refractivity contribution in [2.45, 2.75) is 30.6 Å². The molecule has 0 bridgehead atoms. The molecule has 1 saturated heterocycles. The van der Waals surface area contributed by atoms with Crippen LogP contribution in [0.4, 0.5) is 0 Å². The molecule has 0 aliphatic carbocycles. The molecule has 2 atom stereocenters. The largest absolute Gasteiger partial charge is 0.480 e. The number of hydrogen-bond donors (Lipinski definition) is 2. The van der Waals surface area contributed by atoms with E-state index >= 15 is 0 Å². The van der Waals surface area contributed by atoms with Gasteiger partial charge in [0.05, 0.1) is 5.25 Å². The zero-order chi connectivity index (χ0) is 12.0. The van der Waals surface area contributed by atoms with E-state index < -0.39 is 12.0 Å². The van der Waals surface area contributed by atoms with E-state index in [1.807, 2.05) is 0 Å². The number of methoxy groups -OCH3 is 1. The molecule has 92 valence electrons. The predicted octanol–water partition coefficient (Wildman–Crippen LogP) is 0.488. The predicted molar refractivity (Wildman–Crippen MR) is 61.5 cm³/mol. The fraction of sp³-hybridized carbons (Fsp3) is 0.800. The zero-order valence-electron chi connectivity index (χ0n) is 9.27. The SMILES string of the molecule is COCCC(NC(=O)C1CCCS1)C(=O)O. The van der Waals surface area contributed by atoms with Crippen molar-refractivity contribution in [1.29, 1.82) is 0 Å². The first-order chi connectivity index (χ1) is 7.65. The van der Waals surface area contributed by atoms with Gasteiger partial charge in [0.2, 0.25) is 5.91 Å². The van der Waals surface area contributed by atoms with Gasteiger partial charge in [0.15, 0.2) is 0 Å². The minimum absolute atomic E-state index is 0.0793. The van der Waals surface area contributed by atoms with Crippen LogP contribution in [0.25, 0.3) is 0 Å². The van der Waals surface area contributed by atoms with E-state index in [4.69, 9.17) is 9.84 Å². The third-order valence-corrected chi connectivity index (χ3v) is 3.82. The second kappa shape index (κ2) is 6.75. The number of carboxylic acids is 1. The van der Waals surface area contributed by atoms with Crippen LogP contribution in [0.5, 0.6) is 0 Å². The van der Waals surface area contributed by atoms with Gasteiger partial charge in [-0.3, -0.25) is 4.79 Å². The number of hydrogen-bond acceptors (Lipinski definition) is 4. The van der Waals surface area contributed by atoms with Crippen LogP contribution in [0, 0.1) is 0 Å². The molecular formula is C10H17NO4S. The fourth-order valence-corrected chi connectivity index (χ4v) is 2.71. The van der Waals surface area contributed by atoms with E-state index in [0.717, 1.165) is 18.6 Å². The number of thioether (sulfide) groups is 1. The number of carbonyl (C=O) groups is 2. The van der Waals surface area contributed by atoms with Crippen LogP contribution in [0.3, 0.4) is 0 Å². The van der Waals surface area contributed by atoms with E-state index in [2.05, 4.69) is 5.32 Å². The van der Waals surface area contributed by atoms with Crippen molar-refractivity contribution in [2.24, 2.45) is 0 Å². The third-order valence-electron chi connectivity index (χ3n) is 2.45. The molecule has 0 radical (unpaired) electrons. The number of rotatable bonds is 6. The summed E-state index contributed by atoms with van der Waals surface area (Å²) in [6.07, 6.45) is 2.17. The lowest BCUT2D eigenvalue weighted by molar-refractivity contribution is -0.142. The standard InChI is InChI=1S/C10H17NO4S/c1-15-5-4-7(10(13)14)11-9(12)8-3-2-6-16-8/h7-8H,2-6H2,1H3,(H,11,12)(H,13,14). The lowest BCUT2D eigenvalue weighted by Crippen LogP contribution is -2.44. The second-order valence-corrected chi connectivity index (χ2v) is 4.99. The number of carboxylic acid groups (broad SMARTS) is 1. The molecule has 6 heteroatoms. The van der Waals surface area contributed by atoms with Gasteiger partial charge in [-0.05, 0) is 18.6 Å². The van der Waals surface area contributed by atoms with Crippen LogP contribution in [0.15, 0.2) is 0 Å². The molecule has 0 aromatic heterocycles. The van der Waals surface area contributed by atoms with Crippen molar-refractivity contribution < 1.29 is 19.4 Å². The summed E-state index contributed by atoms with van der Waals surface area (Å²) >= 11 is 1.59. The van der Waals surface area contributed by atoms with Gasteiger partial charge >= 0.3 is 5.97 Å². The Labute approximate surface area is 98.9 Å². The number of nitrogens with one attached hydrogen (secondary N) is 1. The molecule has 1 rings (SSSR count). The number of amides is 1. The molecule has 1 aliphatic rings. The highest BCUT2D eigenvalue weighted by atomic mass is 32.2.